The number of rotatable bonds is 5. The molecular weight excluding hydrogens is 351 g/mol. The maximum atomic E-state index is 14.5. The molecule has 0 spiro atoms. The van der Waals surface area contributed by atoms with Crippen molar-refractivity contribution in [2.75, 3.05) is 26.1 Å². The van der Waals surface area contributed by atoms with Crippen molar-refractivity contribution >= 4 is 16.7 Å². The molecular formula is C19H19FN4O3. The van der Waals surface area contributed by atoms with Crippen LogP contribution in [0.5, 0.6) is 11.6 Å². The summed E-state index contributed by atoms with van der Waals surface area (Å²) in [5.74, 6) is 0.758. The van der Waals surface area contributed by atoms with Crippen LogP contribution in [0, 0.1) is 5.82 Å². The van der Waals surface area contributed by atoms with E-state index in [-0.39, 0.29) is 23.4 Å². The van der Waals surface area contributed by atoms with Gasteiger partial charge in [0, 0.05) is 29.8 Å². The van der Waals surface area contributed by atoms with E-state index in [9.17, 15) is 4.39 Å². The van der Waals surface area contributed by atoms with Gasteiger partial charge in [-0.2, -0.15) is 0 Å². The highest BCUT2D eigenvalue weighted by atomic mass is 19.1. The van der Waals surface area contributed by atoms with Crippen molar-refractivity contribution in [2.24, 2.45) is 0 Å². The number of anilines is 1. The van der Waals surface area contributed by atoms with E-state index < -0.39 is 5.82 Å². The summed E-state index contributed by atoms with van der Waals surface area (Å²) in [5, 5.41) is 3.98. The normalized spacial score (nSPS) is 19.2. The number of aromatic nitrogens is 3. The Hall–Kier alpha value is -3.00. The van der Waals surface area contributed by atoms with Gasteiger partial charge in [0.1, 0.15) is 23.8 Å². The Morgan fingerprint density at radius 2 is 2.00 bits per heavy atom. The van der Waals surface area contributed by atoms with Crippen molar-refractivity contribution in [1.29, 1.82) is 0 Å². The number of hydrogen-bond acceptors (Lipinski definition) is 7. The molecule has 0 unspecified atom stereocenters. The third-order valence-corrected chi connectivity index (χ3v) is 4.64. The van der Waals surface area contributed by atoms with Gasteiger partial charge in [0.25, 0.3) is 0 Å². The van der Waals surface area contributed by atoms with Crippen LogP contribution in [0.4, 0.5) is 10.2 Å². The quantitative estimate of drug-likeness (QED) is 0.739. The second-order valence-electron chi connectivity index (χ2n) is 6.17. The molecule has 1 N–H and O–H groups in total. The van der Waals surface area contributed by atoms with Crippen LogP contribution < -0.4 is 14.8 Å². The standard InChI is InChI=1S/C19H19FN4O3/c1-25-14-5-4-12-17(16(14)20)22-10-23-19(12)24-13-7-8-27-18(13)11-3-6-15(26-2)21-9-11/h3-6,9-10,13,18H,7-8H2,1-2H3,(H,22,23,24)/t13-,18+/m1/s1. The molecule has 0 aliphatic carbocycles. The first-order valence-corrected chi connectivity index (χ1v) is 8.56. The van der Waals surface area contributed by atoms with Gasteiger partial charge in [-0.3, -0.25) is 0 Å². The van der Waals surface area contributed by atoms with Crippen LogP contribution in [-0.4, -0.2) is 41.8 Å². The van der Waals surface area contributed by atoms with Crippen molar-refractivity contribution in [3.8, 4) is 11.6 Å². The molecule has 140 valence electrons. The van der Waals surface area contributed by atoms with Crippen LogP contribution in [0.15, 0.2) is 36.8 Å². The number of methoxy groups -OCH3 is 2. The second-order valence-corrected chi connectivity index (χ2v) is 6.17. The zero-order chi connectivity index (χ0) is 18.8. The van der Waals surface area contributed by atoms with E-state index in [1.165, 1.54) is 13.4 Å². The molecule has 4 rings (SSSR count). The van der Waals surface area contributed by atoms with Crippen LogP contribution in [0.3, 0.4) is 0 Å². The highest BCUT2D eigenvalue weighted by molar-refractivity contribution is 5.90. The third-order valence-electron chi connectivity index (χ3n) is 4.64. The summed E-state index contributed by atoms with van der Waals surface area (Å²) >= 11 is 0. The minimum Gasteiger partial charge on any atom is -0.494 e. The Kier molecular flexibility index (Phi) is 4.72. The molecule has 3 aromatic rings. The van der Waals surface area contributed by atoms with Crippen LogP contribution in [0.2, 0.25) is 0 Å². The molecule has 1 aromatic carbocycles. The molecule has 0 saturated carbocycles. The van der Waals surface area contributed by atoms with Gasteiger partial charge in [-0.1, -0.05) is 0 Å². The van der Waals surface area contributed by atoms with Crippen molar-refractivity contribution in [2.45, 2.75) is 18.6 Å². The number of fused-ring (bicyclic) bond motifs is 1. The van der Waals surface area contributed by atoms with E-state index in [1.807, 2.05) is 6.07 Å². The summed E-state index contributed by atoms with van der Waals surface area (Å²) in [6.45, 7) is 0.611. The van der Waals surface area contributed by atoms with E-state index in [1.54, 1.807) is 31.5 Å². The van der Waals surface area contributed by atoms with Gasteiger partial charge in [-0.25, -0.2) is 19.3 Å². The van der Waals surface area contributed by atoms with Crippen molar-refractivity contribution in [3.05, 3.63) is 48.2 Å². The molecule has 1 fully saturated rings. The first kappa shape index (κ1) is 17.4. The molecule has 7 nitrogen and oxygen atoms in total. The van der Waals surface area contributed by atoms with E-state index in [4.69, 9.17) is 14.2 Å². The summed E-state index contributed by atoms with van der Waals surface area (Å²) in [7, 11) is 3.00. The summed E-state index contributed by atoms with van der Waals surface area (Å²) in [6.07, 6.45) is 3.69. The fourth-order valence-corrected chi connectivity index (χ4v) is 3.27. The number of nitrogens with zero attached hydrogens (tertiary/aromatic N) is 3. The number of nitrogens with one attached hydrogen (secondary N) is 1. The van der Waals surface area contributed by atoms with Gasteiger partial charge in [-0.15, -0.1) is 0 Å². The molecule has 0 amide bonds. The number of benzene rings is 1. The van der Waals surface area contributed by atoms with E-state index >= 15 is 0 Å². The predicted molar refractivity (Wildman–Crippen MR) is 97.6 cm³/mol. The lowest BCUT2D eigenvalue weighted by atomic mass is 10.0. The molecule has 0 bridgehead atoms. The van der Waals surface area contributed by atoms with Crippen LogP contribution in [-0.2, 0) is 4.74 Å². The summed E-state index contributed by atoms with van der Waals surface area (Å²) in [5.41, 5.74) is 1.16. The summed E-state index contributed by atoms with van der Waals surface area (Å²) in [4.78, 5) is 12.6. The minimum atomic E-state index is -0.501. The maximum Gasteiger partial charge on any atom is 0.212 e. The fourth-order valence-electron chi connectivity index (χ4n) is 3.27. The van der Waals surface area contributed by atoms with Gasteiger partial charge < -0.3 is 19.5 Å². The Morgan fingerprint density at radius 3 is 2.74 bits per heavy atom. The Balaban J connectivity index is 1.63. The van der Waals surface area contributed by atoms with Crippen LogP contribution >= 0.6 is 0 Å². The van der Waals surface area contributed by atoms with Crippen LogP contribution in [0.1, 0.15) is 18.1 Å². The Labute approximate surface area is 155 Å². The molecule has 27 heavy (non-hydrogen) atoms. The lowest BCUT2D eigenvalue weighted by Gasteiger charge is -2.21. The monoisotopic (exact) mass is 370 g/mol. The summed E-state index contributed by atoms with van der Waals surface area (Å²) < 4.78 is 30.5. The first-order valence-electron chi connectivity index (χ1n) is 8.56. The van der Waals surface area contributed by atoms with Gasteiger partial charge in [-0.05, 0) is 24.6 Å². The Bertz CT molecular complexity index is 952. The largest absolute Gasteiger partial charge is 0.494 e. The molecule has 8 heteroatoms. The molecule has 1 aliphatic heterocycles. The lowest BCUT2D eigenvalue weighted by molar-refractivity contribution is 0.107. The summed E-state index contributed by atoms with van der Waals surface area (Å²) in [6, 6.07) is 7.03. The zero-order valence-electron chi connectivity index (χ0n) is 15.0. The number of pyridine rings is 1. The smallest absolute Gasteiger partial charge is 0.212 e. The highest BCUT2D eigenvalue weighted by Gasteiger charge is 2.31. The number of ether oxygens (including phenoxy) is 3. The fraction of sp³-hybridized carbons (Fsp3) is 0.316. The number of hydrogen-bond donors (Lipinski definition) is 1. The lowest BCUT2D eigenvalue weighted by Crippen LogP contribution is -2.24. The van der Waals surface area contributed by atoms with E-state index in [0.29, 0.717) is 23.7 Å². The zero-order valence-corrected chi connectivity index (χ0v) is 15.0. The first-order chi connectivity index (χ1) is 13.2. The molecule has 0 radical (unpaired) electrons. The molecule has 2 aromatic heterocycles. The molecule has 1 aliphatic rings. The van der Waals surface area contributed by atoms with Crippen molar-refractivity contribution in [3.63, 3.8) is 0 Å². The SMILES string of the molecule is COc1ccc([C@@H]2OCC[C@H]2Nc2ncnc3c(F)c(OC)ccc23)cn1. The predicted octanol–water partition coefficient (Wildman–Crippen LogP) is 3.12. The Morgan fingerprint density at radius 1 is 1.11 bits per heavy atom. The topological polar surface area (TPSA) is 78.4 Å². The molecule has 1 saturated heterocycles. The second kappa shape index (κ2) is 7.32. The van der Waals surface area contributed by atoms with E-state index in [0.717, 1.165) is 12.0 Å². The number of halogens is 1. The van der Waals surface area contributed by atoms with Gasteiger partial charge in [0.05, 0.1) is 20.3 Å². The van der Waals surface area contributed by atoms with Gasteiger partial charge in [0.15, 0.2) is 11.6 Å². The van der Waals surface area contributed by atoms with E-state index in [2.05, 4.69) is 20.3 Å². The van der Waals surface area contributed by atoms with Crippen LogP contribution in [0.25, 0.3) is 10.9 Å². The van der Waals surface area contributed by atoms with Crippen molar-refractivity contribution < 1.29 is 18.6 Å². The average Bonchev–Trinajstić information content (AvgIpc) is 3.17. The maximum absolute atomic E-state index is 14.5. The van der Waals surface area contributed by atoms with Crippen molar-refractivity contribution in [1.82, 2.24) is 15.0 Å². The van der Waals surface area contributed by atoms with Gasteiger partial charge in [0.2, 0.25) is 5.88 Å². The molecule has 2 atom stereocenters. The average molecular weight is 370 g/mol. The van der Waals surface area contributed by atoms with Gasteiger partial charge >= 0.3 is 0 Å². The minimum absolute atomic E-state index is 0.0246. The third kappa shape index (κ3) is 3.23. The highest BCUT2D eigenvalue weighted by Crippen LogP contribution is 2.34. The molecule has 3 heterocycles.